The largest absolute Gasteiger partial charge is 0.441 e. The van der Waals surface area contributed by atoms with Gasteiger partial charge in [0, 0.05) is 26.6 Å². The van der Waals surface area contributed by atoms with Crippen molar-refractivity contribution in [2.75, 3.05) is 13.7 Å². The molecule has 0 unspecified atom stereocenters. The molecule has 1 aromatic carbocycles. The summed E-state index contributed by atoms with van der Waals surface area (Å²) in [6.45, 7) is 2.56. The van der Waals surface area contributed by atoms with Crippen LogP contribution in [0, 0.1) is 5.82 Å². The van der Waals surface area contributed by atoms with Gasteiger partial charge in [0.1, 0.15) is 11.9 Å². The van der Waals surface area contributed by atoms with Gasteiger partial charge in [-0.1, -0.05) is 12.1 Å². The molecule has 0 spiro atoms. The van der Waals surface area contributed by atoms with Crippen LogP contribution in [0.5, 0.6) is 0 Å². The van der Waals surface area contributed by atoms with E-state index in [1.54, 1.807) is 25.3 Å². The molecule has 1 aliphatic rings. The topological polar surface area (TPSA) is 73.6 Å². The number of hydrogen-bond donors (Lipinski definition) is 1. The smallest absolute Gasteiger partial charge is 0.220 e. The van der Waals surface area contributed by atoms with Crippen LogP contribution in [0.25, 0.3) is 11.3 Å². The van der Waals surface area contributed by atoms with Gasteiger partial charge in [-0.3, -0.25) is 4.79 Å². The number of rotatable bonds is 8. The Kier molecular flexibility index (Phi) is 6.00. The van der Waals surface area contributed by atoms with Crippen LogP contribution in [-0.2, 0) is 20.7 Å². The lowest BCUT2D eigenvalue weighted by Gasteiger charge is -2.43. The third-order valence-corrected chi connectivity index (χ3v) is 4.51. The Morgan fingerprint density at radius 3 is 2.96 bits per heavy atom. The minimum absolute atomic E-state index is 0.0327. The monoisotopic (exact) mass is 362 g/mol. The van der Waals surface area contributed by atoms with E-state index in [1.807, 2.05) is 6.92 Å². The lowest BCUT2D eigenvalue weighted by atomic mass is 9.85. The first-order valence-corrected chi connectivity index (χ1v) is 8.75. The van der Waals surface area contributed by atoms with Crippen molar-refractivity contribution < 1.29 is 23.1 Å². The third-order valence-electron chi connectivity index (χ3n) is 4.51. The minimum atomic E-state index is -0.368. The minimum Gasteiger partial charge on any atom is -0.441 e. The van der Waals surface area contributed by atoms with Crippen molar-refractivity contribution in [3.63, 3.8) is 0 Å². The van der Waals surface area contributed by atoms with Gasteiger partial charge in [-0.2, -0.15) is 0 Å². The van der Waals surface area contributed by atoms with E-state index in [0.29, 0.717) is 30.2 Å². The zero-order valence-corrected chi connectivity index (χ0v) is 14.9. The number of aryl methyl sites for hydroxylation is 1. The van der Waals surface area contributed by atoms with Gasteiger partial charge in [0.25, 0.3) is 0 Å². The summed E-state index contributed by atoms with van der Waals surface area (Å²) in [6, 6.07) is 6.30. The third kappa shape index (κ3) is 4.11. The Bertz CT molecular complexity index is 749. The molecule has 1 aromatic heterocycles. The van der Waals surface area contributed by atoms with Crippen molar-refractivity contribution in [2.45, 2.75) is 44.4 Å². The fraction of sp³-hybridized carbons (Fsp3) is 0.474. The van der Waals surface area contributed by atoms with E-state index in [2.05, 4.69) is 10.3 Å². The molecule has 3 rings (SSSR count). The Balaban J connectivity index is 1.49. The highest BCUT2D eigenvalue weighted by molar-refractivity contribution is 5.76. The molecule has 7 heteroatoms. The van der Waals surface area contributed by atoms with E-state index in [0.717, 1.165) is 6.42 Å². The van der Waals surface area contributed by atoms with Gasteiger partial charge in [0.05, 0.1) is 23.9 Å². The number of nitrogens with one attached hydrogen (secondary N) is 1. The lowest BCUT2D eigenvalue weighted by molar-refractivity contribution is -0.143. The average molecular weight is 362 g/mol. The van der Waals surface area contributed by atoms with Crippen LogP contribution >= 0.6 is 0 Å². The van der Waals surface area contributed by atoms with E-state index in [-0.39, 0.29) is 36.4 Å². The Labute approximate surface area is 151 Å². The van der Waals surface area contributed by atoms with Crippen LogP contribution in [0.4, 0.5) is 4.39 Å². The van der Waals surface area contributed by atoms with Gasteiger partial charge in [0.15, 0.2) is 11.7 Å². The van der Waals surface area contributed by atoms with Crippen molar-refractivity contribution >= 4 is 5.91 Å². The number of aromatic nitrogens is 1. The molecule has 2 aromatic rings. The second-order valence-electron chi connectivity index (χ2n) is 6.20. The van der Waals surface area contributed by atoms with E-state index in [4.69, 9.17) is 13.9 Å². The van der Waals surface area contributed by atoms with Crippen LogP contribution in [0.15, 0.2) is 34.9 Å². The van der Waals surface area contributed by atoms with E-state index in [1.165, 1.54) is 12.3 Å². The second kappa shape index (κ2) is 8.42. The summed E-state index contributed by atoms with van der Waals surface area (Å²) < 4.78 is 30.3. The molecular formula is C19H23FN2O4. The van der Waals surface area contributed by atoms with Gasteiger partial charge in [0.2, 0.25) is 5.91 Å². The number of nitrogens with zero attached hydrogens (tertiary/aromatic N) is 1. The second-order valence-corrected chi connectivity index (χ2v) is 6.20. The molecule has 1 N–H and O–H groups in total. The molecule has 0 bridgehead atoms. The quantitative estimate of drug-likeness (QED) is 0.782. The van der Waals surface area contributed by atoms with Crippen LogP contribution in [-0.4, -0.2) is 42.9 Å². The van der Waals surface area contributed by atoms with Gasteiger partial charge in [-0.25, -0.2) is 9.37 Å². The summed E-state index contributed by atoms with van der Waals surface area (Å²) in [7, 11) is 1.62. The highest BCUT2D eigenvalue weighted by Gasteiger charge is 2.42. The number of amides is 1. The maximum atomic E-state index is 13.8. The molecule has 1 aliphatic carbocycles. The number of oxazole rings is 1. The number of ether oxygens (including phenoxy) is 2. The zero-order chi connectivity index (χ0) is 18.5. The zero-order valence-electron chi connectivity index (χ0n) is 14.9. The molecule has 140 valence electrons. The van der Waals surface area contributed by atoms with Crippen LogP contribution in [0.3, 0.4) is 0 Å². The number of benzene rings is 1. The van der Waals surface area contributed by atoms with E-state index >= 15 is 0 Å². The predicted octanol–water partition coefficient (Wildman–Crippen LogP) is 2.72. The first-order chi connectivity index (χ1) is 12.6. The summed E-state index contributed by atoms with van der Waals surface area (Å²) in [4.78, 5) is 16.3. The summed E-state index contributed by atoms with van der Waals surface area (Å²) in [5.41, 5.74) is 0.357. The van der Waals surface area contributed by atoms with Crippen molar-refractivity contribution in [3.8, 4) is 11.3 Å². The van der Waals surface area contributed by atoms with Crippen molar-refractivity contribution in [1.82, 2.24) is 10.3 Å². The summed E-state index contributed by atoms with van der Waals surface area (Å²) in [5.74, 6) is 0.295. The number of carbonyl (C=O) groups excluding carboxylic acids is 1. The van der Waals surface area contributed by atoms with Crippen molar-refractivity contribution in [3.05, 3.63) is 42.2 Å². The highest BCUT2D eigenvalue weighted by Crippen LogP contribution is 2.27. The highest BCUT2D eigenvalue weighted by atomic mass is 19.1. The molecule has 1 amide bonds. The maximum absolute atomic E-state index is 13.8. The predicted molar refractivity (Wildman–Crippen MR) is 93.0 cm³/mol. The molecule has 6 nitrogen and oxygen atoms in total. The molecule has 1 fully saturated rings. The molecule has 26 heavy (non-hydrogen) atoms. The van der Waals surface area contributed by atoms with Gasteiger partial charge >= 0.3 is 0 Å². The molecule has 1 saturated carbocycles. The first kappa shape index (κ1) is 18.5. The molecule has 3 atom stereocenters. The number of methoxy groups -OCH3 is 1. The van der Waals surface area contributed by atoms with Crippen LogP contribution in [0.1, 0.15) is 25.7 Å². The fourth-order valence-corrected chi connectivity index (χ4v) is 3.13. The van der Waals surface area contributed by atoms with Gasteiger partial charge < -0.3 is 19.2 Å². The Morgan fingerprint density at radius 1 is 1.42 bits per heavy atom. The summed E-state index contributed by atoms with van der Waals surface area (Å²) in [6.07, 6.45) is 2.72. The van der Waals surface area contributed by atoms with Crippen molar-refractivity contribution in [2.24, 2.45) is 0 Å². The van der Waals surface area contributed by atoms with Crippen LogP contribution in [0.2, 0.25) is 0 Å². The number of carbonyl (C=O) groups is 1. The maximum Gasteiger partial charge on any atom is 0.220 e. The normalized spacial score (nSPS) is 22.0. The standard InChI is InChI=1S/C19H23FN2O4/c1-3-25-15-10-14(19(15)24-2)22-17(23)8-9-18-21-11-16(26-18)12-6-4-5-7-13(12)20/h4-7,11,14-15,19H,3,8-10H2,1-2H3,(H,22,23)/t14-,15+,19-/m0/s1. The Morgan fingerprint density at radius 2 is 2.23 bits per heavy atom. The van der Waals surface area contributed by atoms with E-state index < -0.39 is 0 Å². The van der Waals surface area contributed by atoms with Crippen LogP contribution < -0.4 is 5.32 Å². The number of hydrogen-bond acceptors (Lipinski definition) is 5. The molecule has 0 radical (unpaired) electrons. The molecule has 1 heterocycles. The fourth-order valence-electron chi connectivity index (χ4n) is 3.13. The average Bonchev–Trinajstić information content (AvgIpc) is 3.08. The number of halogens is 1. The SMILES string of the molecule is CCO[C@@H]1C[C@H](NC(=O)CCc2ncc(-c3ccccc3F)o2)[C@@H]1OC. The molecule has 0 saturated heterocycles. The summed E-state index contributed by atoms with van der Waals surface area (Å²) >= 11 is 0. The molecular weight excluding hydrogens is 339 g/mol. The van der Waals surface area contributed by atoms with E-state index in [9.17, 15) is 9.18 Å². The Hall–Kier alpha value is -2.25. The van der Waals surface area contributed by atoms with Gasteiger partial charge in [-0.15, -0.1) is 0 Å². The molecule has 0 aliphatic heterocycles. The first-order valence-electron chi connectivity index (χ1n) is 8.75. The van der Waals surface area contributed by atoms with Crippen molar-refractivity contribution in [1.29, 1.82) is 0 Å². The lowest BCUT2D eigenvalue weighted by Crippen LogP contribution is -2.61. The van der Waals surface area contributed by atoms with Gasteiger partial charge in [-0.05, 0) is 25.5 Å². The summed E-state index contributed by atoms with van der Waals surface area (Å²) in [5, 5.41) is 2.95.